The number of fused-ring (bicyclic) bond motifs is 1. The lowest BCUT2D eigenvalue weighted by atomic mass is 10.1. The van der Waals surface area contributed by atoms with Gasteiger partial charge in [-0.3, -0.25) is 14.5 Å². The highest BCUT2D eigenvalue weighted by molar-refractivity contribution is 14.1. The van der Waals surface area contributed by atoms with E-state index in [0.29, 0.717) is 44.7 Å². The highest BCUT2D eigenvalue weighted by atomic mass is 127. The van der Waals surface area contributed by atoms with Crippen LogP contribution < -0.4 is 5.32 Å². The van der Waals surface area contributed by atoms with E-state index in [2.05, 4.69) is 17.2 Å². The Balaban J connectivity index is 1.22. The quantitative estimate of drug-likeness (QED) is 0.197. The second kappa shape index (κ2) is 10.2. The van der Waals surface area contributed by atoms with Crippen molar-refractivity contribution in [2.24, 2.45) is 17.8 Å². The SMILES string of the molecule is O=C(NCCOCCN1C(=O)C(I)=C(I)C1=O)OCC1C2CCC#CCCC21. The molecule has 2 aliphatic carbocycles. The van der Waals surface area contributed by atoms with E-state index in [0.717, 1.165) is 25.7 Å². The molecule has 0 spiro atoms. The monoisotopic (exact) mass is 612 g/mol. The van der Waals surface area contributed by atoms with E-state index in [1.165, 1.54) is 4.90 Å². The molecule has 0 aromatic carbocycles. The lowest BCUT2D eigenvalue weighted by molar-refractivity contribution is -0.137. The predicted molar refractivity (Wildman–Crippen MR) is 119 cm³/mol. The maximum Gasteiger partial charge on any atom is 0.407 e. The molecule has 7 nitrogen and oxygen atoms in total. The number of alkyl carbamates (subject to hydrolysis) is 1. The van der Waals surface area contributed by atoms with Crippen LogP contribution in [0.2, 0.25) is 0 Å². The zero-order valence-electron chi connectivity index (χ0n) is 15.3. The van der Waals surface area contributed by atoms with Crippen molar-refractivity contribution < 1.29 is 23.9 Å². The molecule has 2 atom stereocenters. The van der Waals surface area contributed by atoms with E-state index in [4.69, 9.17) is 9.47 Å². The fraction of sp³-hybridized carbons (Fsp3) is 0.632. The van der Waals surface area contributed by atoms with Crippen LogP contribution in [-0.2, 0) is 19.1 Å². The van der Waals surface area contributed by atoms with Gasteiger partial charge < -0.3 is 14.8 Å². The summed E-state index contributed by atoms with van der Waals surface area (Å²) in [6, 6.07) is 0. The summed E-state index contributed by atoms with van der Waals surface area (Å²) in [4.78, 5) is 36.8. The molecule has 3 amide bonds. The van der Waals surface area contributed by atoms with Gasteiger partial charge in [0.2, 0.25) is 0 Å². The highest BCUT2D eigenvalue weighted by Gasteiger charge is 2.49. The Labute approximate surface area is 191 Å². The normalized spacial score (nSPS) is 26.2. The summed E-state index contributed by atoms with van der Waals surface area (Å²) in [5, 5.41) is 2.66. The maximum atomic E-state index is 11.9. The van der Waals surface area contributed by atoms with E-state index < -0.39 is 6.09 Å². The van der Waals surface area contributed by atoms with Crippen molar-refractivity contribution in [2.45, 2.75) is 25.7 Å². The first kappa shape index (κ1) is 21.8. The average Bonchev–Trinajstić information content (AvgIpc) is 3.27. The zero-order chi connectivity index (χ0) is 20.1. The van der Waals surface area contributed by atoms with Crippen LogP contribution in [0.3, 0.4) is 0 Å². The van der Waals surface area contributed by atoms with Crippen molar-refractivity contribution in [2.75, 3.05) is 32.9 Å². The average molecular weight is 612 g/mol. The molecule has 0 aromatic heterocycles. The van der Waals surface area contributed by atoms with Crippen LogP contribution in [-0.4, -0.2) is 55.7 Å². The molecule has 1 saturated carbocycles. The van der Waals surface area contributed by atoms with E-state index >= 15 is 0 Å². The third kappa shape index (κ3) is 5.38. The van der Waals surface area contributed by atoms with Crippen LogP contribution >= 0.6 is 45.2 Å². The Morgan fingerprint density at radius 2 is 1.68 bits per heavy atom. The van der Waals surface area contributed by atoms with E-state index in [9.17, 15) is 14.4 Å². The summed E-state index contributed by atoms with van der Waals surface area (Å²) in [5.41, 5.74) is 0. The third-order valence-corrected chi connectivity index (χ3v) is 8.31. The van der Waals surface area contributed by atoms with Crippen LogP contribution in [0.5, 0.6) is 0 Å². The molecule has 3 aliphatic rings. The molecule has 1 fully saturated rings. The van der Waals surface area contributed by atoms with Gasteiger partial charge in [-0.05, 0) is 75.8 Å². The predicted octanol–water partition coefficient (Wildman–Crippen LogP) is 2.62. The minimum atomic E-state index is -0.433. The molecule has 0 aromatic rings. The molecule has 28 heavy (non-hydrogen) atoms. The minimum absolute atomic E-state index is 0.204. The molecule has 1 heterocycles. The minimum Gasteiger partial charge on any atom is -0.449 e. The van der Waals surface area contributed by atoms with Crippen LogP contribution in [0.25, 0.3) is 0 Å². The summed E-state index contributed by atoms with van der Waals surface area (Å²) in [6.07, 6.45) is 3.68. The Kier molecular flexibility index (Phi) is 7.99. The topological polar surface area (TPSA) is 84.9 Å². The van der Waals surface area contributed by atoms with Crippen LogP contribution in [0.15, 0.2) is 7.16 Å². The van der Waals surface area contributed by atoms with Crippen molar-refractivity contribution in [3.8, 4) is 11.8 Å². The van der Waals surface area contributed by atoms with Gasteiger partial charge in [-0.1, -0.05) is 0 Å². The Morgan fingerprint density at radius 1 is 1.07 bits per heavy atom. The molecular weight excluding hydrogens is 590 g/mol. The number of carbonyl (C=O) groups excluding carboxylic acids is 3. The number of ether oxygens (including phenoxy) is 2. The fourth-order valence-electron chi connectivity index (χ4n) is 3.71. The van der Waals surface area contributed by atoms with Crippen molar-refractivity contribution in [1.29, 1.82) is 0 Å². The van der Waals surface area contributed by atoms with E-state index in [-0.39, 0.29) is 25.0 Å². The number of nitrogens with one attached hydrogen (secondary N) is 1. The molecule has 1 N–H and O–H groups in total. The van der Waals surface area contributed by atoms with Gasteiger partial charge in [0.15, 0.2) is 0 Å². The van der Waals surface area contributed by atoms with Crippen LogP contribution in [0.1, 0.15) is 25.7 Å². The number of halogens is 2. The number of amides is 3. The summed E-state index contributed by atoms with van der Waals surface area (Å²) in [6.45, 7) is 1.51. The van der Waals surface area contributed by atoms with Gasteiger partial charge in [0.25, 0.3) is 11.8 Å². The number of imide groups is 1. The van der Waals surface area contributed by atoms with E-state index in [1.54, 1.807) is 0 Å². The Morgan fingerprint density at radius 3 is 2.29 bits per heavy atom. The maximum absolute atomic E-state index is 11.9. The molecule has 2 unspecified atom stereocenters. The Bertz CT molecular complexity index is 700. The van der Waals surface area contributed by atoms with E-state index in [1.807, 2.05) is 45.2 Å². The number of carbonyl (C=O) groups is 3. The summed E-state index contributed by atoms with van der Waals surface area (Å²) < 4.78 is 11.6. The molecule has 3 rings (SSSR count). The highest BCUT2D eigenvalue weighted by Crippen LogP contribution is 2.52. The van der Waals surface area contributed by atoms with Gasteiger partial charge in [0.1, 0.15) is 0 Å². The number of rotatable bonds is 8. The number of hydrogen-bond acceptors (Lipinski definition) is 5. The molecule has 152 valence electrons. The summed E-state index contributed by atoms with van der Waals surface area (Å²) in [7, 11) is 0. The second-order valence-corrected chi connectivity index (χ2v) is 9.11. The standard InChI is InChI=1S/C19H22I2N2O5/c20-15-16(21)18(25)23(17(15)24)8-10-27-9-7-22-19(26)28-11-14-12-5-3-1-2-4-6-13(12)14/h12-14H,3-11H2,(H,22,26). The molecule has 0 radical (unpaired) electrons. The van der Waals surface area contributed by atoms with Gasteiger partial charge in [0.05, 0.1) is 33.5 Å². The second-order valence-electron chi connectivity index (χ2n) is 6.95. The first-order valence-electron chi connectivity index (χ1n) is 9.36. The first-order chi connectivity index (χ1) is 13.5. The summed E-state index contributed by atoms with van der Waals surface area (Å²) in [5.74, 6) is 7.57. The lowest BCUT2D eigenvalue weighted by Crippen LogP contribution is -2.35. The molecule has 0 bridgehead atoms. The van der Waals surface area contributed by atoms with Crippen molar-refractivity contribution >= 4 is 63.1 Å². The molecule has 0 saturated heterocycles. The first-order valence-corrected chi connectivity index (χ1v) is 11.5. The molecule has 9 heteroatoms. The zero-order valence-corrected chi connectivity index (χ0v) is 19.7. The van der Waals surface area contributed by atoms with Gasteiger partial charge in [-0.15, -0.1) is 11.8 Å². The smallest absolute Gasteiger partial charge is 0.407 e. The number of nitrogens with zero attached hydrogens (tertiary/aromatic N) is 1. The Hall–Kier alpha value is -0.870. The van der Waals surface area contributed by atoms with Gasteiger partial charge in [-0.25, -0.2) is 4.79 Å². The van der Waals surface area contributed by atoms with Crippen molar-refractivity contribution in [3.05, 3.63) is 7.16 Å². The van der Waals surface area contributed by atoms with Crippen LogP contribution in [0, 0.1) is 29.6 Å². The largest absolute Gasteiger partial charge is 0.449 e. The third-order valence-electron chi connectivity index (χ3n) is 5.28. The van der Waals surface area contributed by atoms with Gasteiger partial charge in [-0.2, -0.15) is 0 Å². The molecule has 1 aliphatic heterocycles. The fourth-order valence-corrected chi connectivity index (χ4v) is 4.75. The van der Waals surface area contributed by atoms with Gasteiger partial charge >= 0.3 is 6.09 Å². The molecular formula is C19H22I2N2O5. The van der Waals surface area contributed by atoms with Crippen molar-refractivity contribution in [3.63, 3.8) is 0 Å². The summed E-state index contributed by atoms with van der Waals surface area (Å²) >= 11 is 3.76. The van der Waals surface area contributed by atoms with Crippen LogP contribution in [0.4, 0.5) is 4.79 Å². The van der Waals surface area contributed by atoms with Crippen molar-refractivity contribution in [1.82, 2.24) is 10.2 Å². The van der Waals surface area contributed by atoms with Gasteiger partial charge in [0, 0.05) is 19.4 Å². The number of hydrogen-bond donors (Lipinski definition) is 1. The lowest BCUT2D eigenvalue weighted by Gasteiger charge is -2.14.